The summed E-state index contributed by atoms with van der Waals surface area (Å²) in [6.07, 6.45) is 0.996. The Morgan fingerprint density at radius 2 is 1.89 bits per heavy atom. The molecule has 0 aliphatic carbocycles. The van der Waals surface area contributed by atoms with Crippen LogP contribution in [0.2, 0.25) is 0 Å². The second kappa shape index (κ2) is 9.23. The maximum absolute atomic E-state index is 12.7. The van der Waals surface area contributed by atoms with Crippen molar-refractivity contribution in [3.63, 3.8) is 0 Å². The molecule has 6 nitrogen and oxygen atoms in total. The standard InChI is InChI=1S/C19H23BrN2O4S/c1-14(2)12-22(19(23)21-17-8-5-7-16(20)11-17)13-15-6-4-9-18(10-15)26-27(3,24)25/h4-11,14H,12-13H2,1-3H3,(H,21,23). The van der Waals surface area contributed by atoms with E-state index < -0.39 is 10.1 Å². The lowest BCUT2D eigenvalue weighted by Crippen LogP contribution is -2.37. The van der Waals surface area contributed by atoms with Gasteiger partial charge in [0.15, 0.2) is 0 Å². The number of rotatable bonds is 7. The van der Waals surface area contributed by atoms with E-state index in [1.165, 1.54) is 0 Å². The molecule has 0 unspecified atom stereocenters. The molecule has 0 aromatic heterocycles. The molecule has 0 heterocycles. The Morgan fingerprint density at radius 1 is 1.19 bits per heavy atom. The van der Waals surface area contributed by atoms with Gasteiger partial charge in [0, 0.05) is 23.2 Å². The first-order valence-electron chi connectivity index (χ1n) is 8.42. The molecule has 0 atom stereocenters. The minimum atomic E-state index is -3.60. The quantitative estimate of drug-likeness (QED) is 0.625. The van der Waals surface area contributed by atoms with Gasteiger partial charge in [0.25, 0.3) is 0 Å². The molecule has 0 fully saturated rings. The van der Waals surface area contributed by atoms with E-state index in [-0.39, 0.29) is 17.7 Å². The third kappa shape index (κ3) is 7.60. The predicted molar refractivity (Wildman–Crippen MR) is 110 cm³/mol. The van der Waals surface area contributed by atoms with Crippen molar-refractivity contribution >= 4 is 37.8 Å². The number of benzene rings is 2. The molecule has 2 aromatic rings. The summed E-state index contributed by atoms with van der Waals surface area (Å²) in [4.78, 5) is 14.4. The SMILES string of the molecule is CC(C)CN(Cc1cccc(OS(C)(=O)=O)c1)C(=O)Nc1cccc(Br)c1. The van der Waals surface area contributed by atoms with Crippen molar-refractivity contribution in [3.8, 4) is 5.75 Å². The van der Waals surface area contributed by atoms with E-state index in [9.17, 15) is 13.2 Å². The number of halogens is 1. The summed E-state index contributed by atoms with van der Waals surface area (Å²) < 4.78 is 28.4. The van der Waals surface area contributed by atoms with Gasteiger partial charge in [-0.3, -0.25) is 0 Å². The van der Waals surface area contributed by atoms with Crippen molar-refractivity contribution in [2.75, 3.05) is 18.1 Å². The Labute approximate surface area is 168 Å². The molecule has 2 aromatic carbocycles. The number of urea groups is 1. The lowest BCUT2D eigenvalue weighted by Gasteiger charge is -2.25. The van der Waals surface area contributed by atoms with Gasteiger partial charge in [-0.15, -0.1) is 0 Å². The average Bonchev–Trinajstić information content (AvgIpc) is 2.52. The van der Waals surface area contributed by atoms with Crippen molar-refractivity contribution in [1.82, 2.24) is 4.90 Å². The third-order valence-electron chi connectivity index (χ3n) is 3.47. The zero-order chi connectivity index (χ0) is 20.0. The molecule has 0 saturated heterocycles. The highest BCUT2D eigenvalue weighted by Crippen LogP contribution is 2.19. The number of hydrogen-bond donors (Lipinski definition) is 1. The summed E-state index contributed by atoms with van der Waals surface area (Å²) in [6.45, 7) is 4.95. The molecule has 1 N–H and O–H groups in total. The van der Waals surface area contributed by atoms with Gasteiger partial charge in [-0.25, -0.2) is 4.79 Å². The molecule has 0 aliphatic heterocycles. The van der Waals surface area contributed by atoms with Crippen LogP contribution < -0.4 is 9.50 Å². The number of anilines is 1. The zero-order valence-electron chi connectivity index (χ0n) is 15.5. The molecule has 0 spiro atoms. The summed E-state index contributed by atoms with van der Waals surface area (Å²) in [5.74, 6) is 0.501. The van der Waals surface area contributed by atoms with Crippen molar-refractivity contribution in [2.24, 2.45) is 5.92 Å². The summed E-state index contributed by atoms with van der Waals surface area (Å²) in [5.41, 5.74) is 1.47. The molecule has 27 heavy (non-hydrogen) atoms. The largest absolute Gasteiger partial charge is 0.383 e. The van der Waals surface area contributed by atoms with Crippen molar-refractivity contribution < 1.29 is 17.4 Å². The van der Waals surface area contributed by atoms with Gasteiger partial charge in [-0.1, -0.05) is 48.0 Å². The van der Waals surface area contributed by atoms with Gasteiger partial charge in [0.05, 0.1) is 6.26 Å². The molecule has 0 saturated carbocycles. The molecular formula is C19H23BrN2O4S. The van der Waals surface area contributed by atoms with Crippen LogP contribution in [0.5, 0.6) is 5.75 Å². The minimum Gasteiger partial charge on any atom is -0.383 e. The van der Waals surface area contributed by atoms with Crippen LogP contribution >= 0.6 is 15.9 Å². The molecule has 0 aliphatic rings. The van der Waals surface area contributed by atoms with E-state index in [4.69, 9.17) is 4.18 Å². The van der Waals surface area contributed by atoms with Gasteiger partial charge in [-0.2, -0.15) is 8.42 Å². The number of amides is 2. The van der Waals surface area contributed by atoms with E-state index in [0.29, 0.717) is 18.8 Å². The predicted octanol–water partition coefficient (Wildman–Crippen LogP) is 4.48. The molecule has 0 radical (unpaired) electrons. The summed E-state index contributed by atoms with van der Waals surface area (Å²) in [5, 5.41) is 2.89. The van der Waals surface area contributed by atoms with Gasteiger partial charge < -0.3 is 14.4 Å². The smallest absolute Gasteiger partial charge is 0.322 e. The molecule has 2 rings (SSSR count). The maximum atomic E-state index is 12.7. The van der Waals surface area contributed by atoms with Crippen LogP contribution in [0.4, 0.5) is 10.5 Å². The van der Waals surface area contributed by atoms with Crippen molar-refractivity contribution in [1.29, 1.82) is 0 Å². The Morgan fingerprint density at radius 3 is 2.52 bits per heavy atom. The third-order valence-corrected chi connectivity index (χ3v) is 4.46. The van der Waals surface area contributed by atoms with E-state index in [1.54, 1.807) is 23.1 Å². The summed E-state index contributed by atoms with van der Waals surface area (Å²) >= 11 is 3.39. The second-order valence-corrected chi connectivity index (χ2v) is 9.14. The van der Waals surface area contributed by atoms with Crippen molar-refractivity contribution in [2.45, 2.75) is 20.4 Å². The number of carbonyl (C=O) groups is 1. The van der Waals surface area contributed by atoms with Gasteiger partial charge in [0.1, 0.15) is 5.75 Å². The fourth-order valence-electron chi connectivity index (χ4n) is 2.52. The van der Waals surface area contributed by atoms with Crippen LogP contribution in [-0.4, -0.2) is 32.1 Å². The zero-order valence-corrected chi connectivity index (χ0v) is 17.9. The van der Waals surface area contributed by atoms with Gasteiger partial charge >= 0.3 is 16.1 Å². The summed E-state index contributed by atoms with van der Waals surface area (Å²) in [6, 6.07) is 13.9. The number of carbonyl (C=O) groups excluding carboxylic acids is 1. The molecular weight excluding hydrogens is 432 g/mol. The first-order chi connectivity index (χ1) is 12.6. The van der Waals surface area contributed by atoms with Gasteiger partial charge in [0.2, 0.25) is 0 Å². The van der Waals surface area contributed by atoms with Crippen LogP contribution in [0.1, 0.15) is 19.4 Å². The van der Waals surface area contributed by atoms with Crippen LogP contribution in [0.25, 0.3) is 0 Å². The summed E-state index contributed by atoms with van der Waals surface area (Å²) in [7, 11) is -3.60. The minimum absolute atomic E-state index is 0.226. The monoisotopic (exact) mass is 454 g/mol. The van der Waals surface area contributed by atoms with Crippen LogP contribution in [-0.2, 0) is 16.7 Å². The van der Waals surface area contributed by atoms with Crippen LogP contribution in [0, 0.1) is 5.92 Å². The first kappa shape index (κ1) is 21.2. The molecule has 2 amide bonds. The normalized spacial score (nSPS) is 11.3. The number of nitrogens with zero attached hydrogens (tertiary/aromatic N) is 1. The fraction of sp³-hybridized carbons (Fsp3) is 0.316. The molecule has 8 heteroatoms. The lowest BCUT2D eigenvalue weighted by molar-refractivity contribution is 0.201. The number of nitrogens with one attached hydrogen (secondary N) is 1. The Bertz CT molecular complexity index is 900. The highest BCUT2D eigenvalue weighted by atomic mass is 79.9. The highest BCUT2D eigenvalue weighted by Gasteiger charge is 2.16. The highest BCUT2D eigenvalue weighted by molar-refractivity contribution is 9.10. The van der Waals surface area contributed by atoms with Crippen molar-refractivity contribution in [3.05, 3.63) is 58.6 Å². The second-order valence-electron chi connectivity index (χ2n) is 6.65. The fourth-order valence-corrected chi connectivity index (χ4v) is 3.37. The Kier molecular flexibility index (Phi) is 7.26. The Hall–Kier alpha value is -2.06. The topological polar surface area (TPSA) is 75.7 Å². The molecule has 146 valence electrons. The maximum Gasteiger partial charge on any atom is 0.322 e. The van der Waals surface area contributed by atoms with E-state index >= 15 is 0 Å². The van der Waals surface area contributed by atoms with E-state index in [1.807, 2.05) is 44.2 Å². The average molecular weight is 455 g/mol. The van der Waals surface area contributed by atoms with E-state index in [0.717, 1.165) is 16.3 Å². The van der Waals surface area contributed by atoms with Crippen LogP contribution in [0.3, 0.4) is 0 Å². The van der Waals surface area contributed by atoms with Gasteiger partial charge in [-0.05, 0) is 41.8 Å². The molecule has 0 bridgehead atoms. The Balaban J connectivity index is 2.16. The number of hydrogen-bond acceptors (Lipinski definition) is 4. The van der Waals surface area contributed by atoms with Crippen LogP contribution in [0.15, 0.2) is 53.0 Å². The van der Waals surface area contributed by atoms with E-state index in [2.05, 4.69) is 21.2 Å². The first-order valence-corrected chi connectivity index (χ1v) is 11.0. The lowest BCUT2D eigenvalue weighted by atomic mass is 10.1.